The van der Waals surface area contributed by atoms with Crippen LogP contribution in [0.4, 0.5) is 14.9 Å². The zero-order chi connectivity index (χ0) is 25.2. The van der Waals surface area contributed by atoms with E-state index in [4.69, 9.17) is 9.84 Å². The molecule has 0 bridgehead atoms. The topological polar surface area (TPSA) is 105 Å². The van der Waals surface area contributed by atoms with Crippen molar-refractivity contribution in [1.29, 1.82) is 0 Å². The number of alkyl carbamates (subject to hydrolysis) is 1. The Balaban J connectivity index is 1.35. The van der Waals surface area contributed by atoms with E-state index >= 15 is 0 Å². The van der Waals surface area contributed by atoms with Crippen molar-refractivity contribution in [1.82, 2.24) is 5.32 Å². The second-order valence-corrected chi connectivity index (χ2v) is 9.06. The maximum Gasteiger partial charge on any atom is 0.407 e. The first-order chi connectivity index (χ1) is 16.6. The number of aromatic carboxylic acids is 1. The molecule has 0 saturated carbocycles. The van der Waals surface area contributed by atoms with Crippen molar-refractivity contribution < 1.29 is 28.6 Å². The summed E-state index contributed by atoms with van der Waals surface area (Å²) in [5.41, 5.74) is 3.09. The number of halogens is 1. The molecule has 0 saturated heterocycles. The largest absolute Gasteiger partial charge is 0.478 e. The molecule has 2 amide bonds. The highest BCUT2D eigenvalue weighted by Gasteiger charge is 2.30. The van der Waals surface area contributed by atoms with Gasteiger partial charge in [-0.1, -0.05) is 48.5 Å². The summed E-state index contributed by atoms with van der Waals surface area (Å²) in [7, 11) is 0. The molecule has 0 fully saturated rings. The molecule has 3 aromatic carbocycles. The number of anilines is 1. The fourth-order valence-electron chi connectivity index (χ4n) is 4.33. The normalized spacial score (nSPS) is 12.4. The van der Waals surface area contributed by atoms with Crippen molar-refractivity contribution in [3.05, 3.63) is 89.2 Å². The second-order valence-electron chi connectivity index (χ2n) is 9.06. The zero-order valence-electron chi connectivity index (χ0n) is 19.3. The summed E-state index contributed by atoms with van der Waals surface area (Å²) in [6.45, 7) is 3.48. The molecule has 4 rings (SSSR count). The lowest BCUT2D eigenvalue weighted by molar-refractivity contribution is -0.117. The lowest BCUT2D eigenvalue weighted by Gasteiger charge is -2.26. The van der Waals surface area contributed by atoms with Gasteiger partial charge in [-0.2, -0.15) is 0 Å². The number of amides is 2. The second kappa shape index (κ2) is 9.58. The molecule has 0 atom stereocenters. The Kier molecular flexibility index (Phi) is 6.55. The average molecular weight is 477 g/mol. The molecule has 1 aliphatic rings. The molecule has 7 nitrogen and oxygen atoms in total. The van der Waals surface area contributed by atoms with Crippen LogP contribution in [0.5, 0.6) is 0 Å². The monoisotopic (exact) mass is 476 g/mol. The number of hydrogen-bond acceptors (Lipinski definition) is 4. The maximum absolute atomic E-state index is 13.6. The van der Waals surface area contributed by atoms with E-state index in [1.54, 1.807) is 13.8 Å². The van der Waals surface area contributed by atoms with Gasteiger partial charge in [0.05, 0.1) is 5.56 Å². The van der Waals surface area contributed by atoms with Gasteiger partial charge in [-0.3, -0.25) is 4.79 Å². The Hall–Kier alpha value is -4.20. The number of benzene rings is 3. The Labute approximate surface area is 201 Å². The van der Waals surface area contributed by atoms with E-state index in [1.807, 2.05) is 36.4 Å². The van der Waals surface area contributed by atoms with E-state index in [0.717, 1.165) is 34.4 Å². The van der Waals surface area contributed by atoms with E-state index < -0.39 is 34.9 Å². The number of hydrogen-bond donors (Lipinski definition) is 3. The molecule has 35 heavy (non-hydrogen) atoms. The van der Waals surface area contributed by atoms with Gasteiger partial charge in [-0.25, -0.2) is 14.0 Å². The standard InChI is InChI=1S/C27H25FN2O5/c1-27(2,14-24(31)29-16-11-12-23(28)21(13-16)25(32)33)30-26(34)35-15-22-19-9-5-3-7-17(19)18-8-4-6-10-20(18)22/h3-13,22H,14-15H2,1-2H3,(H,29,31)(H,30,34)(H,32,33). The number of rotatable bonds is 7. The van der Waals surface area contributed by atoms with E-state index in [2.05, 4.69) is 22.8 Å². The third-order valence-electron chi connectivity index (χ3n) is 5.87. The molecule has 8 heteroatoms. The minimum absolute atomic E-state index is 0.0820. The van der Waals surface area contributed by atoms with Gasteiger partial charge in [-0.05, 0) is 54.3 Å². The lowest BCUT2D eigenvalue weighted by atomic mass is 9.98. The summed E-state index contributed by atoms with van der Waals surface area (Å²) in [4.78, 5) is 36.1. The fourth-order valence-corrected chi connectivity index (χ4v) is 4.33. The third-order valence-corrected chi connectivity index (χ3v) is 5.87. The van der Waals surface area contributed by atoms with Crippen molar-refractivity contribution in [2.45, 2.75) is 31.7 Å². The highest BCUT2D eigenvalue weighted by atomic mass is 19.1. The minimum Gasteiger partial charge on any atom is -0.478 e. The molecule has 0 radical (unpaired) electrons. The van der Waals surface area contributed by atoms with Gasteiger partial charge in [-0.15, -0.1) is 0 Å². The molecule has 0 heterocycles. The lowest BCUT2D eigenvalue weighted by Crippen LogP contribution is -2.46. The van der Waals surface area contributed by atoms with E-state index in [0.29, 0.717) is 0 Å². The summed E-state index contributed by atoms with van der Waals surface area (Å²) >= 11 is 0. The van der Waals surface area contributed by atoms with E-state index in [1.165, 1.54) is 6.07 Å². The van der Waals surface area contributed by atoms with Crippen LogP contribution in [0.25, 0.3) is 11.1 Å². The smallest absolute Gasteiger partial charge is 0.407 e. The average Bonchev–Trinajstić information content (AvgIpc) is 3.12. The van der Waals surface area contributed by atoms with Gasteiger partial charge in [0.1, 0.15) is 12.4 Å². The Morgan fingerprint density at radius 1 is 0.971 bits per heavy atom. The molecule has 0 spiro atoms. The first kappa shape index (κ1) is 23.9. The van der Waals surface area contributed by atoms with Crippen molar-refractivity contribution in [2.24, 2.45) is 0 Å². The van der Waals surface area contributed by atoms with Crippen LogP contribution in [0.3, 0.4) is 0 Å². The van der Waals surface area contributed by atoms with Crippen LogP contribution in [0.2, 0.25) is 0 Å². The first-order valence-corrected chi connectivity index (χ1v) is 11.1. The van der Waals surface area contributed by atoms with Gasteiger partial charge in [0.2, 0.25) is 5.91 Å². The number of carboxylic acid groups (broad SMARTS) is 1. The fraction of sp³-hybridized carbons (Fsp3) is 0.222. The maximum atomic E-state index is 13.6. The molecule has 3 aromatic rings. The van der Waals surface area contributed by atoms with Crippen LogP contribution in [0.1, 0.15) is 47.7 Å². The molecule has 180 valence electrons. The summed E-state index contributed by atoms with van der Waals surface area (Å²) in [6.07, 6.45) is -0.767. The van der Waals surface area contributed by atoms with Crippen LogP contribution in [-0.4, -0.2) is 35.2 Å². The van der Waals surface area contributed by atoms with Crippen molar-refractivity contribution in [3.8, 4) is 11.1 Å². The van der Waals surface area contributed by atoms with E-state index in [-0.39, 0.29) is 24.6 Å². The number of ether oxygens (including phenoxy) is 1. The van der Waals surface area contributed by atoms with Crippen LogP contribution < -0.4 is 10.6 Å². The van der Waals surface area contributed by atoms with Gasteiger partial charge in [0.25, 0.3) is 0 Å². The molecule has 0 aliphatic heterocycles. The number of carbonyl (C=O) groups is 3. The molecule has 1 aliphatic carbocycles. The van der Waals surface area contributed by atoms with Crippen LogP contribution in [-0.2, 0) is 9.53 Å². The third kappa shape index (κ3) is 5.32. The molecule has 3 N–H and O–H groups in total. The van der Waals surface area contributed by atoms with Crippen molar-refractivity contribution in [2.75, 3.05) is 11.9 Å². The van der Waals surface area contributed by atoms with Gasteiger partial charge in [0, 0.05) is 23.6 Å². The number of fused-ring (bicyclic) bond motifs is 3. The summed E-state index contributed by atoms with van der Waals surface area (Å²) in [5, 5.41) is 14.3. The number of carboxylic acids is 1. The van der Waals surface area contributed by atoms with Crippen LogP contribution in [0, 0.1) is 5.82 Å². The molecule has 0 aromatic heterocycles. The van der Waals surface area contributed by atoms with Crippen molar-refractivity contribution in [3.63, 3.8) is 0 Å². The Bertz CT molecular complexity index is 1260. The van der Waals surface area contributed by atoms with E-state index in [9.17, 15) is 18.8 Å². The highest BCUT2D eigenvalue weighted by Crippen LogP contribution is 2.44. The summed E-state index contributed by atoms with van der Waals surface area (Å²) in [5.74, 6) is -2.89. The Morgan fingerprint density at radius 3 is 2.17 bits per heavy atom. The SMILES string of the molecule is CC(C)(CC(=O)Nc1ccc(F)c(C(=O)O)c1)NC(=O)OCC1c2ccccc2-c2ccccc21. The van der Waals surface area contributed by atoms with Crippen LogP contribution >= 0.6 is 0 Å². The minimum atomic E-state index is -1.43. The van der Waals surface area contributed by atoms with Gasteiger partial charge >= 0.3 is 12.1 Å². The predicted octanol–water partition coefficient (Wildman–Crippen LogP) is 5.17. The number of nitrogens with one attached hydrogen (secondary N) is 2. The Morgan fingerprint density at radius 2 is 1.57 bits per heavy atom. The highest BCUT2D eigenvalue weighted by molar-refractivity contribution is 5.94. The molecule has 0 unspecified atom stereocenters. The first-order valence-electron chi connectivity index (χ1n) is 11.1. The quantitative estimate of drug-likeness (QED) is 0.436. The van der Waals surface area contributed by atoms with Gasteiger partial charge < -0.3 is 20.5 Å². The summed E-state index contributed by atoms with van der Waals surface area (Å²) < 4.78 is 19.1. The summed E-state index contributed by atoms with van der Waals surface area (Å²) in [6, 6.07) is 19.3. The molecular weight excluding hydrogens is 451 g/mol. The number of carbonyl (C=O) groups excluding carboxylic acids is 2. The zero-order valence-corrected chi connectivity index (χ0v) is 19.3. The molecular formula is C27H25FN2O5. The van der Waals surface area contributed by atoms with Gasteiger partial charge in [0.15, 0.2) is 0 Å². The van der Waals surface area contributed by atoms with Crippen LogP contribution in [0.15, 0.2) is 66.7 Å². The van der Waals surface area contributed by atoms with Crippen molar-refractivity contribution >= 4 is 23.7 Å². The predicted molar refractivity (Wildman–Crippen MR) is 129 cm³/mol.